The summed E-state index contributed by atoms with van der Waals surface area (Å²) >= 11 is 0. The number of oxazole rings is 1. The van der Waals surface area contributed by atoms with Gasteiger partial charge in [-0.25, -0.2) is 13.2 Å². The molecular formula is C24H28N4O4S. The van der Waals surface area contributed by atoms with E-state index in [-0.39, 0.29) is 12.2 Å². The highest BCUT2D eigenvalue weighted by atomic mass is 32.2. The summed E-state index contributed by atoms with van der Waals surface area (Å²) in [6.45, 7) is 0.388. The molecule has 1 atom stereocenters. The second kappa shape index (κ2) is 9.91. The Kier molecular flexibility index (Phi) is 6.98. The number of nitrogens with one attached hydrogen (secondary N) is 2. The first-order valence-corrected chi connectivity index (χ1v) is 12.8. The first kappa shape index (κ1) is 23.2. The van der Waals surface area contributed by atoms with Gasteiger partial charge in [0.15, 0.2) is 5.58 Å². The standard InChI is InChI=1S/C24H28N4O4S/c1-28-22-15-19(10-11-23(22)32-24(28)29)18-8-6-17(7-9-18)14-21(16-25)27-33(30,31)13-12-26-20-4-2-3-5-20/h6-11,15,20-21,26-27H,2-5,12-14H2,1H3/t21-/m0/s1. The van der Waals surface area contributed by atoms with E-state index < -0.39 is 21.8 Å². The predicted molar refractivity (Wildman–Crippen MR) is 127 cm³/mol. The van der Waals surface area contributed by atoms with E-state index in [2.05, 4.69) is 16.1 Å². The molecule has 1 aliphatic rings. The molecule has 8 nitrogen and oxygen atoms in total. The van der Waals surface area contributed by atoms with E-state index in [1.54, 1.807) is 13.1 Å². The van der Waals surface area contributed by atoms with Gasteiger partial charge in [0, 0.05) is 26.1 Å². The molecule has 9 heteroatoms. The maximum absolute atomic E-state index is 12.4. The summed E-state index contributed by atoms with van der Waals surface area (Å²) < 4.78 is 34.0. The van der Waals surface area contributed by atoms with Gasteiger partial charge in [-0.2, -0.15) is 9.98 Å². The number of hydrogen-bond acceptors (Lipinski definition) is 6. The monoisotopic (exact) mass is 468 g/mol. The summed E-state index contributed by atoms with van der Waals surface area (Å²) in [5, 5.41) is 12.8. The Morgan fingerprint density at radius 2 is 1.85 bits per heavy atom. The molecule has 0 amide bonds. The molecule has 4 rings (SSSR count). The third kappa shape index (κ3) is 5.71. The summed E-state index contributed by atoms with van der Waals surface area (Å²) in [5.74, 6) is -0.448. The lowest BCUT2D eigenvalue weighted by molar-refractivity contribution is 0.528. The lowest BCUT2D eigenvalue weighted by Gasteiger charge is -2.15. The Balaban J connectivity index is 1.37. The largest absolute Gasteiger partial charge is 0.419 e. The van der Waals surface area contributed by atoms with E-state index in [9.17, 15) is 18.5 Å². The maximum Gasteiger partial charge on any atom is 0.419 e. The zero-order valence-corrected chi connectivity index (χ0v) is 19.4. The Bertz CT molecular complexity index is 1310. The minimum atomic E-state index is -3.55. The maximum atomic E-state index is 12.4. The van der Waals surface area contributed by atoms with Crippen molar-refractivity contribution in [3.05, 3.63) is 58.6 Å². The van der Waals surface area contributed by atoms with Gasteiger partial charge in [0.05, 0.1) is 17.3 Å². The van der Waals surface area contributed by atoms with Gasteiger partial charge in [-0.05, 0) is 41.7 Å². The van der Waals surface area contributed by atoms with Crippen LogP contribution in [-0.2, 0) is 23.5 Å². The Morgan fingerprint density at radius 1 is 1.15 bits per heavy atom. The second-order valence-corrected chi connectivity index (χ2v) is 10.4. The summed E-state index contributed by atoms with van der Waals surface area (Å²) in [6, 6.07) is 14.8. The zero-order valence-electron chi connectivity index (χ0n) is 18.6. The number of benzene rings is 2. The van der Waals surface area contributed by atoms with Crippen LogP contribution < -0.4 is 15.8 Å². The molecule has 1 saturated carbocycles. The number of sulfonamides is 1. The average Bonchev–Trinajstić information content (AvgIpc) is 3.41. The first-order chi connectivity index (χ1) is 15.8. The third-order valence-electron chi connectivity index (χ3n) is 6.16. The van der Waals surface area contributed by atoms with Crippen molar-refractivity contribution in [1.29, 1.82) is 5.26 Å². The van der Waals surface area contributed by atoms with Crippen molar-refractivity contribution in [1.82, 2.24) is 14.6 Å². The summed E-state index contributed by atoms with van der Waals surface area (Å²) in [7, 11) is -1.89. The number of aryl methyl sites for hydroxylation is 1. The van der Waals surface area contributed by atoms with Crippen LogP contribution >= 0.6 is 0 Å². The van der Waals surface area contributed by atoms with Crippen LogP contribution in [0.1, 0.15) is 31.2 Å². The molecule has 0 spiro atoms. The Hall–Kier alpha value is -2.93. The van der Waals surface area contributed by atoms with Gasteiger partial charge < -0.3 is 9.73 Å². The number of nitriles is 1. The molecule has 33 heavy (non-hydrogen) atoms. The molecule has 0 saturated heterocycles. The molecule has 3 aromatic rings. The summed E-state index contributed by atoms with van der Waals surface area (Å²) in [6.07, 6.45) is 4.85. The highest BCUT2D eigenvalue weighted by molar-refractivity contribution is 7.89. The van der Waals surface area contributed by atoms with Crippen LogP contribution in [0.2, 0.25) is 0 Å². The van der Waals surface area contributed by atoms with Crippen molar-refractivity contribution in [2.75, 3.05) is 12.3 Å². The number of fused-ring (bicyclic) bond motifs is 1. The first-order valence-electron chi connectivity index (χ1n) is 11.2. The second-order valence-electron chi connectivity index (χ2n) is 8.56. The zero-order chi connectivity index (χ0) is 23.4. The molecule has 0 bridgehead atoms. The van der Waals surface area contributed by atoms with E-state index in [0.29, 0.717) is 23.7 Å². The molecule has 1 heterocycles. The quantitative estimate of drug-likeness (QED) is 0.499. The molecule has 1 aliphatic carbocycles. The van der Waals surface area contributed by atoms with Gasteiger partial charge in [0.25, 0.3) is 0 Å². The molecule has 174 valence electrons. The number of aromatic nitrogens is 1. The highest BCUT2D eigenvalue weighted by Gasteiger charge is 2.20. The van der Waals surface area contributed by atoms with Gasteiger partial charge >= 0.3 is 5.76 Å². The van der Waals surface area contributed by atoms with Crippen LogP contribution in [0.15, 0.2) is 51.7 Å². The van der Waals surface area contributed by atoms with Crippen LogP contribution in [-0.4, -0.2) is 37.4 Å². The van der Waals surface area contributed by atoms with Crippen LogP contribution in [0.5, 0.6) is 0 Å². The molecule has 0 aliphatic heterocycles. The lowest BCUT2D eigenvalue weighted by atomic mass is 10.0. The molecule has 0 unspecified atom stereocenters. The Morgan fingerprint density at radius 3 is 2.55 bits per heavy atom. The SMILES string of the molecule is Cn1c(=O)oc2ccc(-c3ccc(C[C@@H](C#N)NS(=O)(=O)CCNC4CCCC4)cc3)cc21. The van der Waals surface area contributed by atoms with Gasteiger partial charge in [-0.3, -0.25) is 4.57 Å². The number of nitrogens with zero attached hydrogens (tertiary/aromatic N) is 2. The van der Waals surface area contributed by atoms with Gasteiger partial charge in [-0.1, -0.05) is 43.2 Å². The van der Waals surface area contributed by atoms with Crippen LogP contribution in [0.3, 0.4) is 0 Å². The van der Waals surface area contributed by atoms with Crippen molar-refractivity contribution >= 4 is 21.1 Å². The fourth-order valence-corrected chi connectivity index (χ4v) is 5.37. The van der Waals surface area contributed by atoms with E-state index >= 15 is 0 Å². The Labute approximate surface area is 193 Å². The van der Waals surface area contributed by atoms with E-state index in [0.717, 1.165) is 29.5 Å². The number of hydrogen-bond donors (Lipinski definition) is 2. The predicted octanol–water partition coefficient (Wildman–Crippen LogP) is 2.68. The molecule has 0 radical (unpaired) electrons. The third-order valence-corrected chi connectivity index (χ3v) is 7.54. The average molecular weight is 469 g/mol. The van der Waals surface area contributed by atoms with Crippen LogP contribution in [0.4, 0.5) is 0 Å². The normalized spacial score (nSPS) is 15.6. The van der Waals surface area contributed by atoms with E-state index in [4.69, 9.17) is 4.42 Å². The van der Waals surface area contributed by atoms with Crippen molar-refractivity contribution in [2.24, 2.45) is 7.05 Å². The van der Waals surface area contributed by atoms with Gasteiger partial charge in [0.2, 0.25) is 10.0 Å². The minimum absolute atomic E-state index is 0.0421. The van der Waals surface area contributed by atoms with Crippen molar-refractivity contribution < 1.29 is 12.8 Å². The number of rotatable bonds is 9. The van der Waals surface area contributed by atoms with Gasteiger partial charge in [-0.15, -0.1) is 0 Å². The van der Waals surface area contributed by atoms with Crippen LogP contribution in [0.25, 0.3) is 22.2 Å². The molecule has 2 aromatic carbocycles. The van der Waals surface area contributed by atoms with Crippen molar-refractivity contribution in [3.63, 3.8) is 0 Å². The van der Waals surface area contributed by atoms with Crippen molar-refractivity contribution in [2.45, 2.75) is 44.2 Å². The summed E-state index contributed by atoms with van der Waals surface area (Å²) in [4.78, 5) is 11.7. The lowest BCUT2D eigenvalue weighted by Crippen LogP contribution is -2.40. The molecular weight excluding hydrogens is 440 g/mol. The fraction of sp³-hybridized carbons (Fsp3) is 0.417. The molecule has 1 aromatic heterocycles. The van der Waals surface area contributed by atoms with Crippen molar-refractivity contribution in [3.8, 4) is 17.2 Å². The highest BCUT2D eigenvalue weighted by Crippen LogP contribution is 2.24. The summed E-state index contributed by atoms with van der Waals surface area (Å²) in [5.41, 5.74) is 3.97. The smallest absolute Gasteiger partial charge is 0.408 e. The molecule has 1 fully saturated rings. The molecule has 2 N–H and O–H groups in total. The minimum Gasteiger partial charge on any atom is -0.408 e. The van der Waals surface area contributed by atoms with E-state index in [1.165, 1.54) is 17.4 Å². The van der Waals surface area contributed by atoms with Gasteiger partial charge in [0.1, 0.15) is 6.04 Å². The van der Waals surface area contributed by atoms with E-state index in [1.807, 2.05) is 36.4 Å². The van der Waals surface area contributed by atoms with Crippen LogP contribution in [0, 0.1) is 11.3 Å². The topological polar surface area (TPSA) is 117 Å². The fourth-order valence-electron chi connectivity index (χ4n) is 4.29.